The van der Waals surface area contributed by atoms with Gasteiger partial charge in [0, 0.05) is 30.8 Å². The Bertz CT molecular complexity index is 1200. The molecule has 0 aliphatic carbocycles. The van der Waals surface area contributed by atoms with Crippen LogP contribution in [0.5, 0.6) is 5.75 Å². The summed E-state index contributed by atoms with van der Waals surface area (Å²) in [4.78, 5) is 32.3. The van der Waals surface area contributed by atoms with Crippen molar-refractivity contribution in [3.8, 4) is 5.75 Å². The minimum absolute atomic E-state index is 0.257. The van der Waals surface area contributed by atoms with Crippen LogP contribution in [-0.4, -0.2) is 52.6 Å². The number of thioether (sulfide) groups is 1. The zero-order valence-electron chi connectivity index (χ0n) is 21.7. The number of methoxy groups -OCH3 is 1. The molecule has 7 nitrogen and oxygen atoms in total. The Balaban J connectivity index is 1.72. The van der Waals surface area contributed by atoms with Crippen LogP contribution in [0.3, 0.4) is 0 Å². The van der Waals surface area contributed by atoms with E-state index in [2.05, 4.69) is 22.1 Å². The Hall–Kier alpha value is -3.13. The molecule has 0 atom stereocenters. The van der Waals surface area contributed by atoms with Crippen molar-refractivity contribution >= 4 is 40.1 Å². The summed E-state index contributed by atoms with van der Waals surface area (Å²) in [5.41, 5.74) is 5.07. The number of hydrogen-bond donors (Lipinski definition) is 0. The molecule has 36 heavy (non-hydrogen) atoms. The minimum atomic E-state index is -0.541. The summed E-state index contributed by atoms with van der Waals surface area (Å²) in [6.07, 6.45) is 2.92. The van der Waals surface area contributed by atoms with E-state index < -0.39 is 4.75 Å². The summed E-state index contributed by atoms with van der Waals surface area (Å²) in [5, 5.41) is 5.32. The summed E-state index contributed by atoms with van der Waals surface area (Å²) >= 11 is 1.15. The highest BCUT2D eigenvalue weighted by molar-refractivity contribution is 8.15. The molecule has 0 saturated carbocycles. The number of ether oxygens (including phenoxy) is 1. The molecule has 2 aliphatic rings. The van der Waals surface area contributed by atoms with Crippen molar-refractivity contribution in [1.29, 1.82) is 0 Å². The molecule has 0 N–H and O–H groups in total. The Labute approximate surface area is 217 Å². The van der Waals surface area contributed by atoms with Crippen LogP contribution < -0.4 is 9.64 Å². The molecule has 8 heteroatoms. The van der Waals surface area contributed by atoms with Crippen LogP contribution in [0, 0.1) is 0 Å². The first-order valence-corrected chi connectivity index (χ1v) is 13.4. The Kier molecular flexibility index (Phi) is 7.83. The van der Waals surface area contributed by atoms with Gasteiger partial charge in [0.05, 0.1) is 17.6 Å². The van der Waals surface area contributed by atoms with Gasteiger partial charge in [-0.3, -0.25) is 14.6 Å². The number of anilines is 1. The Morgan fingerprint density at radius 3 is 2.58 bits per heavy atom. The predicted octanol–water partition coefficient (Wildman–Crippen LogP) is 5.89. The van der Waals surface area contributed by atoms with Gasteiger partial charge in [0.1, 0.15) is 11.6 Å². The van der Waals surface area contributed by atoms with Crippen LogP contribution >= 0.6 is 11.8 Å². The average molecular weight is 507 g/mol. The molecule has 0 bridgehead atoms. The molecule has 190 valence electrons. The number of nitrogens with zero attached hydrogens (tertiary/aromatic N) is 4. The molecule has 4 rings (SSSR count). The average Bonchev–Trinajstić information content (AvgIpc) is 2.86. The summed E-state index contributed by atoms with van der Waals surface area (Å²) in [6, 6.07) is 14.4. The van der Waals surface area contributed by atoms with Crippen LogP contribution in [0.15, 0.2) is 52.6 Å². The Morgan fingerprint density at radius 1 is 1.17 bits per heavy atom. The van der Waals surface area contributed by atoms with Gasteiger partial charge in [-0.15, -0.1) is 0 Å². The van der Waals surface area contributed by atoms with E-state index in [4.69, 9.17) is 9.73 Å². The topological polar surface area (TPSA) is 74.6 Å². The van der Waals surface area contributed by atoms with Gasteiger partial charge < -0.3 is 9.64 Å². The molecule has 0 fully saturated rings. The zero-order chi connectivity index (χ0) is 25.9. The van der Waals surface area contributed by atoms with Gasteiger partial charge in [-0.25, -0.2) is 0 Å². The van der Waals surface area contributed by atoms with Gasteiger partial charge in [-0.05, 0) is 99.3 Å². The highest BCUT2D eigenvalue weighted by atomic mass is 32.2. The maximum atomic E-state index is 12.6. The number of fused-ring (bicyclic) bond motifs is 1. The second-order valence-corrected chi connectivity index (χ2v) is 11.0. The highest BCUT2D eigenvalue weighted by Gasteiger charge is 2.40. The smallest absolute Gasteiger partial charge is 0.309 e. The number of carbonyl (C=O) groups is 2. The van der Waals surface area contributed by atoms with Crippen LogP contribution in [0.4, 0.5) is 10.5 Å². The number of amidine groups is 1. The molecule has 2 heterocycles. The fourth-order valence-corrected chi connectivity index (χ4v) is 5.56. The van der Waals surface area contributed by atoms with Crippen molar-refractivity contribution in [3.63, 3.8) is 0 Å². The maximum Gasteiger partial charge on any atom is 0.309 e. The number of hydrazone groups is 1. The van der Waals surface area contributed by atoms with E-state index in [9.17, 15) is 9.59 Å². The molecular weight excluding hydrogens is 472 g/mol. The number of aliphatic imine (C=N–C) groups is 1. The molecule has 0 saturated heterocycles. The summed E-state index contributed by atoms with van der Waals surface area (Å²) < 4.78 is 4.79. The van der Waals surface area contributed by atoms with Gasteiger partial charge >= 0.3 is 5.24 Å². The van der Waals surface area contributed by atoms with Gasteiger partial charge in [-0.1, -0.05) is 13.0 Å². The fourth-order valence-electron chi connectivity index (χ4n) is 4.64. The second kappa shape index (κ2) is 10.9. The largest absolute Gasteiger partial charge is 0.497 e. The van der Waals surface area contributed by atoms with E-state index in [1.54, 1.807) is 7.11 Å². The number of aryl methyl sites for hydroxylation is 1. The quantitative estimate of drug-likeness (QED) is 0.361. The van der Waals surface area contributed by atoms with Crippen molar-refractivity contribution in [3.05, 3.63) is 59.2 Å². The van der Waals surface area contributed by atoms with E-state index in [0.29, 0.717) is 19.4 Å². The van der Waals surface area contributed by atoms with Crippen molar-refractivity contribution < 1.29 is 14.3 Å². The lowest BCUT2D eigenvalue weighted by atomic mass is 9.93. The van der Waals surface area contributed by atoms with E-state index in [1.165, 1.54) is 5.56 Å². The molecule has 0 radical (unpaired) electrons. The third-order valence-electron chi connectivity index (χ3n) is 6.37. The SMILES string of the molecule is CCCC(=O)N1N=C(c2ccc3c(c2)CCCN3/C(=N\CC)c2ccc(OC)cc2)C(C)(C)SC1=O. The number of benzene rings is 2. The first kappa shape index (κ1) is 25.9. The second-order valence-electron chi connectivity index (χ2n) is 9.41. The monoisotopic (exact) mass is 506 g/mol. The number of rotatable bonds is 6. The molecule has 0 unspecified atom stereocenters. The first-order valence-electron chi connectivity index (χ1n) is 12.5. The van der Waals surface area contributed by atoms with E-state index in [1.807, 2.05) is 58.0 Å². The molecule has 2 aromatic rings. The maximum absolute atomic E-state index is 12.6. The summed E-state index contributed by atoms with van der Waals surface area (Å²) in [5.74, 6) is 1.51. The number of hydrogen-bond acceptors (Lipinski definition) is 6. The minimum Gasteiger partial charge on any atom is -0.497 e. The fraction of sp³-hybridized carbons (Fsp3) is 0.429. The molecule has 2 amide bonds. The van der Waals surface area contributed by atoms with E-state index >= 15 is 0 Å². The van der Waals surface area contributed by atoms with Gasteiger partial charge in [0.15, 0.2) is 0 Å². The third-order valence-corrected chi connectivity index (χ3v) is 7.42. The van der Waals surface area contributed by atoms with Gasteiger partial charge in [-0.2, -0.15) is 10.1 Å². The number of amides is 2. The Morgan fingerprint density at radius 2 is 1.92 bits per heavy atom. The van der Waals surface area contributed by atoms with E-state index in [0.717, 1.165) is 70.3 Å². The van der Waals surface area contributed by atoms with Gasteiger partial charge in [0.2, 0.25) is 0 Å². The number of carbonyl (C=O) groups excluding carboxylic acids is 2. The van der Waals surface area contributed by atoms with Crippen LogP contribution in [0.2, 0.25) is 0 Å². The normalized spacial score (nSPS) is 17.5. The highest BCUT2D eigenvalue weighted by Crippen LogP contribution is 2.38. The van der Waals surface area contributed by atoms with Crippen LogP contribution in [0.1, 0.15) is 63.6 Å². The van der Waals surface area contributed by atoms with Crippen molar-refractivity contribution in [2.75, 3.05) is 25.1 Å². The molecular formula is C28H34N4O3S. The number of imide groups is 1. The third kappa shape index (κ3) is 5.19. The summed E-state index contributed by atoms with van der Waals surface area (Å²) in [6.45, 7) is 9.50. The van der Waals surface area contributed by atoms with Gasteiger partial charge in [0.25, 0.3) is 5.91 Å². The van der Waals surface area contributed by atoms with E-state index in [-0.39, 0.29) is 11.1 Å². The molecule has 2 aliphatic heterocycles. The summed E-state index contributed by atoms with van der Waals surface area (Å²) in [7, 11) is 1.67. The predicted molar refractivity (Wildman–Crippen MR) is 148 cm³/mol. The van der Waals surface area contributed by atoms with Crippen molar-refractivity contribution in [2.24, 2.45) is 10.1 Å². The standard InChI is InChI=1S/C28H34N4O3S/c1-6-9-24(33)32-27(34)36-28(3,4)25(30-32)21-13-16-23-20(18-21)10-8-17-31(23)26(29-7-2)19-11-14-22(35-5)15-12-19/h11-16,18H,6-10,17H2,1-5H3/b29-26-. The molecule has 0 spiro atoms. The van der Waals surface area contributed by atoms with Crippen molar-refractivity contribution in [1.82, 2.24) is 5.01 Å². The molecule has 0 aromatic heterocycles. The lowest BCUT2D eigenvalue weighted by Gasteiger charge is -2.35. The lowest BCUT2D eigenvalue weighted by Crippen LogP contribution is -2.43. The van der Waals surface area contributed by atoms with Crippen LogP contribution in [0.25, 0.3) is 0 Å². The van der Waals surface area contributed by atoms with Crippen LogP contribution in [-0.2, 0) is 11.2 Å². The first-order chi connectivity index (χ1) is 17.3. The van der Waals surface area contributed by atoms with Crippen molar-refractivity contribution in [2.45, 2.75) is 58.1 Å². The molecule has 2 aromatic carbocycles. The lowest BCUT2D eigenvalue weighted by molar-refractivity contribution is -0.127. The zero-order valence-corrected chi connectivity index (χ0v) is 22.5.